The van der Waals surface area contributed by atoms with Crippen LogP contribution in [0.3, 0.4) is 0 Å². The van der Waals surface area contributed by atoms with E-state index in [9.17, 15) is 18.8 Å². The van der Waals surface area contributed by atoms with Gasteiger partial charge in [0.2, 0.25) is 5.91 Å². The number of rotatable bonds is 5. The Morgan fingerprint density at radius 2 is 2.05 bits per heavy atom. The van der Waals surface area contributed by atoms with Crippen LogP contribution in [0.1, 0.15) is 16.1 Å². The number of thiophene rings is 1. The molecule has 0 radical (unpaired) electrons. The summed E-state index contributed by atoms with van der Waals surface area (Å²) >= 11 is 1.10. The first-order valence-electron chi connectivity index (χ1n) is 5.88. The standard InChI is InChI=1S/C13H11FN2O4S/c14-7-1-2-9-6(3-7)4-10(21-9)12(18)16-8(13(19)20)5-11(15)17/h1-4,8H,5H2,(H2,15,17)(H,16,18)(H,19,20)/t8-/m0/s1. The summed E-state index contributed by atoms with van der Waals surface area (Å²) in [4.78, 5) is 33.9. The fraction of sp³-hybridized carbons (Fsp3) is 0.154. The topological polar surface area (TPSA) is 109 Å². The molecule has 0 saturated carbocycles. The molecule has 8 heteroatoms. The summed E-state index contributed by atoms with van der Waals surface area (Å²) in [5.41, 5.74) is 4.93. The zero-order chi connectivity index (χ0) is 15.6. The van der Waals surface area contributed by atoms with Gasteiger partial charge in [-0.25, -0.2) is 9.18 Å². The summed E-state index contributed by atoms with van der Waals surface area (Å²) < 4.78 is 13.8. The van der Waals surface area contributed by atoms with Crippen LogP contribution >= 0.6 is 11.3 Å². The lowest BCUT2D eigenvalue weighted by molar-refractivity contribution is -0.140. The molecule has 2 aromatic rings. The van der Waals surface area contributed by atoms with E-state index < -0.39 is 36.1 Å². The summed E-state index contributed by atoms with van der Waals surface area (Å²) in [6, 6.07) is 4.15. The molecule has 21 heavy (non-hydrogen) atoms. The minimum Gasteiger partial charge on any atom is -0.480 e. The third kappa shape index (κ3) is 3.54. The van der Waals surface area contributed by atoms with Crippen molar-refractivity contribution < 1.29 is 23.9 Å². The van der Waals surface area contributed by atoms with Crippen LogP contribution < -0.4 is 11.1 Å². The van der Waals surface area contributed by atoms with Crippen LogP contribution in [0.15, 0.2) is 24.3 Å². The number of primary amides is 1. The number of aliphatic carboxylic acids is 1. The van der Waals surface area contributed by atoms with Crippen LogP contribution in [-0.4, -0.2) is 28.9 Å². The molecule has 1 heterocycles. The quantitative estimate of drug-likeness (QED) is 0.768. The van der Waals surface area contributed by atoms with E-state index >= 15 is 0 Å². The number of amides is 2. The van der Waals surface area contributed by atoms with Crippen molar-refractivity contribution in [3.63, 3.8) is 0 Å². The molecule has 0 fully saturated rings. The molecule has 2 rings (SSSR count). The molecular weight excluding hydrogens is 299 g/mol. The first-order chi connectivity index (χ1) is 9.86. The number of hydrogen-bond acceptors (Lipinski definition) is 4. The lowest BCUT2D eigenvalue weighted by atomic mass is 10.2. The van der Waals surface area contributed by atoms with Crippen molar-refractivity contribution in [3.8, 4) is 0 Å². The van der Waals surface area contributed by atoms with Crippen molar-refractivity contribution in [3.05, 3.63) is 35.0 Å². The number of fused-ring (bicyclic) bond motifs is 1. The van der Waals surface area contributed by atoms with Gasteiger partial charge in [0.25, 0.3) is 5.91 Å². The Hall–Kier alpha value is -2.48. The van der Waals surface area contributed by atoms with Gasteiger partial charge in [0, 0.05) is 4.70 Å². The van der Waals surface area contributed by atoms with Gasteiger partial charge in [-0.1, -0.05) is 0 Å². The monoisotopic (exact) mass is 310 g/mol. The molecule has 0 aliphatic carbocycles. The van der Waals surface area contributed by atoms with E-state index in [1.807, 2.05) is 0 Å². The Labute approximate surface area is 122 Å². The lowest BCUT2D eigenvalue weighted by Gasteiger charge is -2.11. The summed E-state index contributed by atoms with van der Waals surface area (Å²) in [6.07, 6.45) is -0.499. The van der Waals surface area contributed by atoms with E-state index in [1.165, 1.54) is 24.3 Å². The average molecular weight is 310 g/mol. The molecule has 4 N–H and O–H groups in total. The van der Waals surface area contributed by atoms with Crippen molar-refractivity contribution in [2.75, 3.05) is 0 Å². The molecule has 0 aliphatic rings. The highest BCUT2D eigenvalue weighted by atomic mass is 32.1. The SMILES string of the molecule is NC(=O)C[C@H](NC(=O)c1cc2cc(F)ccc2s1)C(=O)O. The number of benzene rings is 1. The van der Waals surface area contributed by atoms with E-state index in [1.54, 1.807) is 0 Å². The van der Waals surface area contributed by atoms with Gasteiger partial charge in [-0.05, 0) is 29.7 Å². The fourth-order valence-electron chi connectivity index (χ4n) is 1.76. The van der Waals surface area contributed by atoms with Gasteiger partial charge in [-0.2, -0.15) is 0 Å². The maximum absolute atomic E-state index is 13.1. The van der Waals surface area contributed by atoms with Crippen molar-refractivity contribution >= 4 is 39.2 Å². The maximum Gasteiger partial charge on any atom is 0.326 e. The highest BCUT2D eigenvalue weighted by molar-refractivity contribution is 7.20. The fourth-order valence-corrected chi connectivity index (χ4v) is 2.70. The third-order valence-electron chi connectivity index (χ3n) is 2.71. The van der Waals surface area contributed by atoms with Gasteiger partial charge < -0.3 is 16.2 Å². The highest BCUT2D eigenvalue weighted by Gasteiger charge is 2.23. The lowest BCUT2D eigenvalue weighted by Crippen LogP contribution is -2.43. The largest absolute Gasteiger partial charge is 0.480 e. The Morgan fingerprint density at radius 3 is 2.67 bits per heavy atom. The van der Waals surface area contributed by atoms with Crippen molar-refractivity contribution in [1.82, 2.24) is 5.32 Å². The van der Waals surface area contributed by atoms with Crippen LogP contribution in [0.25, 0.3) is 10.1 Å². The van der Waals surface area contributed by atoms with Crippen LogP contribution in [0.5, 0.6) is 0 Å². The molecule has 0 saturated heterocycles. The second-order valence-corrected chi connectivity index (χ2v) is 5.41. The van der Waals surface area contributed by atoms with Crippen molar-refractivity contribution in [2.45, 2.75) is 12.5 Å². The minimum atomic E-state index is -1.39. The number of nitrogens with two attached hydrogens (primary N) is 1. The summed E-state index contributed by atoms with van der Waals surface area (Å²) in [6.45, 7) is 0. The van der Waals surface area contributed by atoms with E-state index in [4.69, 9.17) is 10.8 Å². The van der Waals surface area contributed by atoms with Gasteiger partial charge in [0.1, 0.15) is 11.9 Å². The predicted octanol–water partition coefficient (Wildman–Crippen LogP) is 1.10. The normalized spacial score (nSPS) is 12.0. The predicted molar refractivity (Wildman–Crippen MR) is 74.5 cm³/mol. The molecule has 0 bridgehead atoms. The number of hydrogen-bond donors (Lipinski definition) is 3. The Morgan fingerprint density at radius 1 is 1.33 bits per heavy atom. The molecule has 1 aromatic carbocycles. The number of carboxylic acid groups (broad SMARTS) is 1. The minimum absolute atomic E-state index is 0.228. The van der Waals surface area contributed by atoms with E-state index in [-0.39, 0.29) is 4.88 Å². The van der Waals surface area contributed by atoms with Gasteiger partial charge in [0.15, 0.2) is 0 Å². The van der Waals surface area contributed by atoms with Crippen LogP contribution in [0, 0.1) is 5.82 Å². The van der Waals surface area contributed by atoms with Crippen LogP contribution in [-0.2, 0) is 9.59 Å². The van der Waals surface area contributed by atoms with E-state index in [0.717, 1.165) is 11.3 Å². The molecule has 1 atom stereocenters. The second-order valence-electron chi connectivity index (χ2n) is 4.33. The Kier molecular flexibility index (Phi) is 4.18. The third-order valence-corrected chi connectivity index (χ3v) is 3.83. The zero-order valence-electron chi connectivity index (χ0n) is 10.6. The number of halogens is 1. The van der Waals surface area contributed by atoms with E-state index in [0.29, 0.717) is 10.1 Å². The van der Waals surface area contributed by atoms with Gasteiger partial charge in [-0.3, -0.25) is 9.59 Å². The Bertz CT molecular complexity index is 728. The molecular formula is C13H11FN2O4S. The molecule has 6 nitrogen and oxygen atoms in total. The molecule has 0 unspecified atom stereocenters. The van der Waals surface area contributed by atoms with Crippen LogP contribution in [0.2, 0.25) is 0 Å². The first kappa shape index (κ1) is 14.9. The van der Waals surface area contributed by atoms with Gasteiger partial charge in [-0.15, -0.1) is 11.3 Å². The maximum atomic E-state index is 13.1. The zero-order valence-corrected chi connectivity index (χ0v) is 11.4. The summed E-state index contributed by atoms with van der Waals surface area (Å²) in [5.74, 6) is -3.26. The molecule has 0 aliphatic heterocycles. The summed E-state index contributed by atoms with van der Waals surface area (Å²) in [7, 11) is 0. The van der Waals surface area contributed by atoms with Crippen LogP contribution in [0.4, 0.5) is 4.39 Å². The highest BCUT2D eigenvalue weighted by Crippen LogP contribution is 2.26. The van der Waals surface area contributed by atoms with Gasteiger partial charge >= 0.3 is 5.97 Å². The van der Waals surface area contributed by atoms with E-state index in [2.05, 4.69) is 5.32 Å². The van der Waals surface area contributed by atoms with Crippen molar-refractivity contribution in [1.29, 1.82) is 0 Å². The average Bonchev–Trinajstić information content (AvgIpc) is 2.80. The molecule has 2 amide bonds. The smallest absolute Gasteiger partial charge is 0.326 e. The number of carbonyl (C=O) groups excluding carboxylic acids is 2. The first-order valence-corrected chi connectivity index (χ1v) is 6.69. The number of carbonyl (C=O) groups is 3. The molecule has 0 spiro atoms. The summed E-state index contributed by atoms with van der Waals surface area (Å²) in [5, 5.41) is 11.7. The second kappa shape index (κ2) is 5.88. The van der Waals surface area contributed by atoms with Crippen molar-refractivity contribution in [2.24, 2.45) is 5.73 Å². The molecule has 1 aromatic heterocycles. The number of carboxylic acids is 1. The number of nitrogens with one attached hydrogen (secondary N) is 1. The van der Waals surface area contributed by atoms with Gasteiger partial charge in [0.05, 0.1) is 11.3 Å². The molecule has 110 valence electrons. The Balaban J connectivity index is 2.20.